The van der Waals surface area contributed by atoms with Crippen LogP contribution in [-0.2, 0) is 20.9 Å². The molecule has 1 aliphatic rings. The van der Waals surface area contributed by atoms with Gasteiger partial charge in [-0.25, -0.2) is 0 Å². The molecule has 7 nitrogen and oxygen atoms in total. The van der Waals surface area contributed by atoms with Gasteiger partial charge in [-0.3, -0.25) is 19.3 Å². The van der Waals surface area contributed by atoms with Crippen molar-refractivity contribution in [3.8, 4) is 11.5 Å². The lowest BCUT2D eigenvalue weighted by atomic mass is 10.1. The number of carbonyl (C=O) groups is 3. The van der Waals surface area contributed by atoms with E-state index in [1.165, 1.54) is 7.11 Å². The van der Waals surface area contributed by atoms with Gasteiger partial charge in [0.25, 0.3) is 11.1 Å². The molecular weight excluding hydrogens is 578 g/mol. The van der Waals surface area contributed by atoms with Gasteiger partial charge < -0.3 is 14.2 Å². The zero-order chi connectivity index (χ0) is 24.1. The topological polar surface area (TPSA) is 82.1 Å². The summed E-state index contributed by atoms with van der Waals surface area (Å²) in [5.41, 5.74) is 1.62. The number of amides is 2. The number of halogens is 2. The fraction of sp³-hybridized carbons (Fsp3) is 0.261. The summed E-state index contributed by atoms with van der Waals surface area (Å²) in [6, 6.07) is 11.2. The highest BCUT2D eigenvalue weighted by Gasteiger charge is 2.36. The Labute approximate surface area is 212 Å². The van der Waals surface area contributed by atoms with Crippen molar-refractivity contribution in [3.63, 3.8) is 0 Å². The molecule has 0 aliphatic carbocycles. The van der Waals surface area contributed by atoms with Crippen molar-refractivity contribution in [2.75, 3.05) is 13.7 Å². The zero-order valence-electron chi connectivity index (χ0n) is 18.1. The van der Waals surface area contributed by atoms with Gasteiger partial charge in [-0.05, 0) is 83.0 Å². The van der Waals surface area contributed by atoms with E-state index in [-0.39, 0.29) is 11.0 Å². The smallest absolute Gasteiger partial charge is 0.326 e. The number of hydrogen-bond donors (Lipinski definition) is 0. The van der Waals surface area contributed by atoms with Gasteiger partial charge in [-0.15, -0.1) is 0 Å². The Kier molecular flexibility index (Phi) is 8.61. The molecule has 3 rings (SSSR count). The summed E-state index contributed by atoms with van der Waals surface area (Å²) in [6.07, 6.45) is 1.24. The summed E-state index contributed by atoms with van der Waals surface area (Å²) in [6.45, 7) is 3.31. The maximum absolute atomic E-state index is 12.7. The predicted octanol–water partition coefficient (Wildman–Crippen LogP) is 5.79. The van der Waals surface area contributed by atoms with E-state index in [1.54, 1.807) is 32.1 Å². The number of methoxy groups -OCH3 is 1. The molecular formula is C23H21Br2NO6S. The Hall–Kier alpha value is -2.30. The number of nitrogens with zero attached hydrogens (tertiary/aromatic N) is 1. The third-order valence-electron chi connectivity index (χ3n) is 4.37. The van der Waals surface area contributed by atoms with Crippen molar-refractivity contribution in [1.29, 1.82) is 0 Å². The highest BCUT2D eigenvalue weighted by Crippen LogP contribution is 2.39. The Bertz CT molecular complexity index is 1100. The number of carbonyl (C=O) groups excluding carboxylic acids is 3. The van der Waals surface area contributed by atoms with Gasteiger partial charge in [0.2, 0.25) is 0 Å². The molecule has 0 aromatic heterocycles. The minimum absolute atomic E-state index is 0.204. The van der Waals surface area contributed by atoms with E-state index in [0.717, 1.165) is 26.7 Å². The zero-order valence-corrected chi connectivity index (χ0v) is 22.1. The van der Waals surface area contributed by atoms with Crippen LogP contribution in [-0.4, -0.2) is 41.8 Å². The van der Waals surface area contributed by atoms with Gasteiger partial charge in [-0.2, -0.15) is 0 Å². The first-order valence-electron chi connectivity index (χ1n) is 9.87. The molecule has 0 spiro atoms. The molecule has 1 aliphatic heterocycles. The van der Waals surface area contributed by atoms with Crippen LogP contribution in [0.5, 0.6) is 11.5 Å². The van der Waals surface area contributed by atoms with Crippen LogP contribution < -0.4 is 9.47 Å². The molecule has 1 saturated heterocycles. The van der Waals surface area contributed by atoms with E-state index < -0.39 is 23.7 Å². The number of ether oxygens (including phenoxy) is 3. The number of esters is 1. The molecule has 10 heteroatoms. The summed E-state index contributed by atoms with van der Waals surface area (Å²) in [7, 11) is 1.52. The maximum Gasteiger partial charge on any atom is 0.326 e. The second kappa shape index (κ2) is 11.2. The molecule has 1 fully saturated rings. The molecule has 0 radical (unpaired) electrons. The minimum Gasteiger partial charge on any atom is -0.493 e. The Morgan fingerprint density at radius 3 is 2.48 bits per heavy atom. The van der Waals surface area contributed by atoms with E-state index in [0.29, 0.717) is 28.1 Å². The van der Waals surface area contributed by atoms with Gasteiger partial charge in [0.1, 0.15) is 13.2 Å². The average Bonchev–Trinajstić information content (AvgIpc) is 3.00. The van der Waals surface area contributed by atoms with Crippen molar-refractivity contribution in [2.24, 2.45) is 0 Å². The SMILES string of the molecule is COc1cc(/C=C2\SC(=O)N(CC(=O)OC(C)C)C2=O)cc(Br)c1OCc1ccc(Br)cc1. The molecule has 2 aromatic carbocycles. The van der Waals surface area contributed by atoms with Crippen LogP contribution >= 0.6 is 43.6 Å². The van der Waals surface area contributed by atoms with Crippen molar-refractivity contribution < 1.29 is 28.6 Å². The summed E-state index contributed by atoms with van der Waals surface area (Å²) in [4.78, 5) is 37.9. The van der Waals surface area contributed by atoms with Crippen LogP contribution in [0.2, 0.25) is 0 Å². The lowest BCUT2D eigenvalue weighted by Gasteiger charge is -2.14. The van der Waals surface area contributed by atoms with Crippen molar-refractivity contribution in [1.82, 2.24) is 4.90 Å². The van der Waals surface area contributed by atoms with Crippen LogP contribution in [0.1, 0.15) is 25.0 Å². The quantitative estimate of drug-likeness (QED) is 0.281. The molecule has 33 heavy (non-hydrogen) atoms. The van der Waals surface area contributed by atoms with Crippen LogP contribution in [0.15, 0.2) is 50.2 Å². The van der Waals surface area contributed by atoms with Gasteiger partial charge in [-0.1, -0.05) is 28.1 Å². The van der Waals surface area contributed by atoms with Crippen molar-refractivity contribution in [3.05, 3.63) is 61.4 Å². The first-order valence-corrected chi connectivity index (χ1v) is 12.3. The van der Waals surface area contributed by atoms with Crippen molar-refractivity contribution in [2.45, 2.75) is 26.6 Å². The van der Waals surface area contributed by atoms with Crippen molar-refractivity contribution >= 4 is 66.8 Å². The van der Waals surface area contributed by atoms with E-state index in [4.69, 9.17) is 14.2 Å². The maximum atomic E-state index is 12.7. The molecule has 174 valence electrons. The fourth-order valence-electron chi connectivity index (χ4n) is 2.92. The van der Waals surface area contributed by atoms with Gasteiger partial charge in [0.05, 0.1) is 22.6 Å². The largest absolute Gasteiger partial charge is 0.493 e. The van der Waals surface area contributed by atoms with E-state index >= 15 is 0 Å². The fourth-order valence-corrected chi connectivity index (χ4v) is 4.59. The van der Waals surface area contributed by atoms with Gasteiger partial charge in [0.15, 0.2) is 11.5 Å². The number of imide groups is 1. The Morgan fingerprint density at radius 2 is 1.85 bits per heavy atom. The molecule has 0 unspecified atom stereocenters. The first-order chi connectivity index (χ1) is 15.7. The highest BCUT2D eigenvalue weighted by molar-refractivity contribution is 9.10. The summed E-state index contributed by atoms with van der Waals surface area (Å²) < 4.78 is 18.1. The third kappa shape index (κ3) is 6.61. The average molecular weight is 599 g/mol. The number of thioether (sulfide) groups is 1. The standard InChI is InChI=1S/C23H21Br2NO6S/c1-13(2)32-20(27)11-26-22(28)19(33-23(26)29)10-15-8-17(25)21(18(9-15)30-3)31-12-14-4-6-16(24)7-5-14/h4-10,13H,11-12H2,1-3H3/b19-10-. The number of hydrogen-bond acceptors (Lipinski definition) is 7. The summed E-state index contributed by atoms with van der Waals surface area (Å²) in [5.74, 6) is -0.198. The molecule has 0 bridgehead atoms. The lowest BCUT2D eigenvalue weighted by molar-refractivity contribution is -0.149. The predicted molar refractivity (Wildman–Crippen MR) is 133 cm³/mol. The highest BCUT2D eigenvalue weighted by atomic mass is 79.9. The van der Waals surface area contributed by atoms with Crippen LogP contribution in [0.3, 0.4) is 0 Å². The third-order valence-corrected chi connectivity index (χ3v) is 6.40. The second-order valence-electron chi connectivity index (χ2n) is 7.26. The molecule has 0 N–H and O–H groups in total. The molecule has 2 amide bonds. The summed E-state index contributed by atoms with van der Waals surface area (Å²) >= 11 is 7.67. The van der Waals surface area contributed by atoms with Crippen LogP contribution in [0.25, 0.3) is 6.08 Å². The number of rotatable bonds is 8. The van der Waals surface area contributed by atoms with E-state index in [1.807, 2.05) is 24.3 Å². The Balaban J connectivity index is 1.77. The molecule has 1 heterocycles. The second-order valence-corrected chi connectivity index (χ2v) is 10.0. The molecule has 0 atom stereocenters. The normalized spacial score (nSPS) is 14.8. The first kappa shape index (κ1) is 25.3. The minimum atomic E-state index is -0.634. The summed E-state index contributed by atoms with van der Waals surface area (Å²) in [5, 5.41) is -0.521. The van der Waals surface area contributed by atoms with Gasteiger partial charge in [0, 0.05) is 4.47 Å². The number of benzene rings is 2. The van der Waals surface area contributed by atoms with Crippen LogP contribution in [0, 0.1) is 0 Å². The monoisotopic (exact) mass is 597 g/mol. The lowest BCUT2D eigenvalue weighted by Crippen LogP contribution is -2.35. The van der Waals surface area contributed by atoms with E-state index in [9.17, 15) is 14.4 Å². The van der Waals surface area contributed by atoms with E-state index in [2.05, 4.69) is 31.9 Å². The van der Waals surface area contributed by atoms with Gasteiger partial charge >= 0.3 is 5.97 Å². The molecule has 2 aromatic rings. The molecule has 0 saturated carbocycles. The Morgan fingerprint density at radius 1 is 1.15 bits per heavy atom. The van der Waals surface area contributed by atoms with Crippen LogP contribution in [0.4, 0.5) is 4.79 Å².